The number of rotatable bonds is 6. The predicted molar refractivity (Wildman–Crippen MR) is 127 cm³/mol. The minimum atomic E-state index is -0.838. The molecule has 3 amide bonds. The Hall–Kier alpha value is -2.33. The second-order valence-corrected chi connectivity index (χ2v) is 9.24. The lowest BCUT2D eigenvalue weighted by Crippen LogP contribution is -2.43. The molecule has 0 radical (unpaired) electrons. The Bertz CT molecular complexity index is 1140. The van der Waals surface area contributed by atoms with Crippen molar-refractivity contribution < 1.29 is 23.9 Å². The first-order valence-electron chi connectivity index (χ1n) is 9.54. The molecule has 0 bridgehead atoms. The Labute approximate surface area is 212 Å². The van der Waals surface area contributed by atoms with E-state index < -0.39 is 36.2 Å². The van der Waals surface area contributed by atoms with E-state index >= 15 is 0 Å². The second-order valence-electron chi connectivity index (χ2n) is 7.16. The monoisotopic (exact) mass is 575 g/mol. The van der Waals surface area contributed by atoms with E-state index in [4.69, 9.17) is 39.5 Å². The summed E-state index contributed by atoms with van der Waals surface area (Å²) in [6.07, 6.45) is -0.170. The van der Waals surface area contributed by atoms with E-state index in [-0.39, 0.29) is 23.6 Å². The zero-order valence-corrected chi connectivity index (χ0v) is 20.9. The van der Waals surface area contributed by atoms with Crippen molar-refractivity contribution in [1.29, 1.82) is 0 Å². The van der Waals surface area contributed by atoms with Crippen LogP contribution in [-0.2, 0) is 19.1 Å². The minimum absolute atomic E-state index is 0.0995. The standard InChI is InChI=1S/C21H17BrCl3N3O5/c1-10-16(5-4-14(22)19(10)25)26-17(29)9-33-21(32)11-6-18(30)28(8-11)27-20(31)13-3-2-12(23)7-15(13)24/h2-5,7,11H,6,8-9H2,1H3,(H,26,29)(H,27,31)/t11-/m0/s1. The third-order valence-corrected chi connectivity index (χ3v) is 6.75. The lowest BCUT2D eigenvalue weighted by atomic mass is 10.1. The van der Waals surface area contributed by atoms with Gasteiger partial charge in [-0.15, -0.1) is 0 Å². The molecule has 12 heteroatoms. The van der Waals surface area contributed by atoms with Gasteiger partial charge in [0.1, 0.15) is 0 Å². The smallest absolute Gasteiger partial charge is 0.311 e. The highest BCUT2D eigenvalue weighted by atomic mass is 79.9. The first-order valence-corrected chi connectivity index (χ1v) is 11.5. The molecule has 2 aromatic rings. The molecule has 1 heterocycles. The maximum atomic E-state index is 12.4. The molecule has 0 aromatic heterocycles. The number of nitrogens with one attached hydrogen (secondary N) is 2. The highest BCUT2D eigenvalue weighted by Crippen LogP contribution is 2.31. The summed E-state index contributed by atoms with van der Waals surface area (Å²) < 4.78 is 5.74. The van der Waals surface area contributed by atoms with E-state index in [9.17, 15) is 19.2 Å². The molecule has 1 atom stereocenters. The number of hydrogen-bond acceptors (Lipinski definition) is 5. The Morgan fingerprint density at radius 3 is 2.61 bits per heavy atom. The van der Waals surface area contributed by atoms with E-state index in [1.54, 1.807) is 19.1 Å². The number of hydrazine groups is 1. The SMILES string of the molecule is Cc1c(NC(=O)COC(=O)[C@H]2CC(=O)N(NC(=O)c3ccc(Cl)cc3Cl)C2)ccc(Br)c1Cl. The number of carbonyl (C=O) groups is 4. The summed E-state index contributed by atoms with van der Waals surface area (Å²) in [5, 5.41) is 4.57. The highest BCUT2D eigenvalue weighted by molar-refractivity contribution is 9.10. The molecule has 174 valence electrons. The van der Waals surface area contributed by atoms with Crippen LogP contribution in [0, 0.1) is 12.8 Å². The molecule has 33 heavy (non-hydrogen) atoms. The molecule has 1 aliphatic heterocycles. The van der Waals surface area contributed by atoms with Crippen LogP contribution < -0.4 is 10.7 Å². The van der Waals surface area contributed by atoms with Gasteiger partial charge in [-0.1, -0.05) is 34.8 Å². The fourth-order valence-electron chi connectivity index (χ4n) is 3.06. The highest BCUT2D eigenvalue weighted by Gasteiger charge is 2.37. The van der Waals surface area contributed by atoms with Gasteiger partial charge >= 0.3 is 5.97 Å². The lowest BCUT2D eigenvalue weighted by molar-refractivity contribution is -0.151. The van der Waals surface area contributed by atoms with Crippen LogP contribution in [0.15, 0.2) is 34.8 Å². The van der Waals surface area contributed by atoms with Gasteiger partial charge in [-0.25, -0.2) is 0 Å². The summed E-state index contributed by atoms with van der Waals surface area (Å²) in [5.41, 5.74) is 3.68. The van der Waals surface area contributed by atoms with Crippen LogP contribution in [0.3, 0.4) is 0 Å². The third-order valence-electron chi connectivity index (χ3n) is 4.83. The van der Waals surface area contributed by atoms with Crippen molar-refractivity contribution in [2.45, 2.75) is 13.3 Å². The average molecular weight is 578 g/mol. The zero-order chi connectivity index (χ0) is 24.3. The van der Waals surface area contributed by atoms with Crippen molar-refractivity contribution in [1.82, 2.24) is 10.4 Å². The molecule has 1 fully saturated rings. The Morgan fingerprint density at radius 1 is 1.18 bits per heavy atom. The summed E-state index contributed by atoms with van der Waals surface area (Å²) in [5.74, 6) is -3.22. The average Bonchev–Trinajstić information content (AvgIpc) is 3.12. The topological polar surface area (TPSA) is 105 Å². The van der Waals surface area contributed by atoms with E-state index in [2.05, 4.69) is 26.7 Å². The van der Waals surface area contributed by atoms with Crippen LogP contribution in [-0.4, -0.2) is 41.9 Å². The number of nitrogens with zero attached hydrogens (tertiary/aromatic N) is 1. The van der Waals surface area contributed by atoms with Crippen LogP contribution in [0.1, 0.15) is 22.3 Å². The number of halogens is 4. The lowest BCUT2D eigenvalue weighted by Gasteiger charge is -2.18. The summed E-state index contributed by atoms with van der Waals surface area (Å²) in [6, 6.07) is 7.66. The molecule has 2 aromatic carbocycles. The molecular weight excluding hydrogens is 561 g/mol. The van der Waals surface area contributed by atoms with E-state index in [1.165, 1.54) is 18.2 Å². The number of amides is 3. The van der Waals surface area contributed by atoms with Gasteiger partial charge in [0.2, 0.25) is 5.91 Å². The van der Waals surface area contributed by atoms with Crippen LogP contribution in [0.5, 0.6) is 0 Å². The quantitative estimate of drug-likeness (QED) is 0.496. The summed E-state index contributed by atoms with van der Waals surface area (Å²) in [6.45, 7) is 1.10. The van der Waals surface area contributed by atoms with E-state index in [0.717, 1.165) is 5.01 Å². The van der Waals surface area contributed by atoms with Crippen molar-refractivity contribution in [3.63, 3.8) is 0 Å². The van der Waals surface area contributed by atoms with Crippen molar-refractivity contribution in [3.8, 4) is 0 Å². The van der Waals surface area contributed by atoms with Crippen LogP contribution >= 0.6 is 50.7 Å². The molecule has 0 spiro atoms. The maximum absolute atomic E-state index is 12.4. The van der Waals surface area contributed by atoms with Crippen LogP contribution in [0.4, 0.5) is 5.69 Å². The van der Waals surface area contributed by atoms with Gasteiger partial charge in [-0.3, -0.25) is 29.6 Å². The number of hydrogen-bond donors (Lipinski definition) is 2. The Kier molecular flexibility index (Phi) is 8.23. The minimum Gasteiger partial charge on any atom is -0.455 e. The fourth-order valence-corrected chi connectivity index (χ4v) is 4.15. The number of esters is 1. The summed E-state index contributed by atoms with van der Waals surface area (Å²) in [4.78, 5) is 49.1. The maximum Gasteiger partial charge on any atom is 0.311 e. The molecular formula is C21H17BrCl3N3O5. The van der Waals surface area contributed by atoms with Crippen molar-refractivity contribution in [2.24, 2.45) is 5.92 Å². The van der Waals surface area contributed by atoms with Gasteiger partial charge in [-0.05, 0) is 58.7 Å². The van der Waals surface area contributed by atoms with E-state index in [1.807, 2.05) is 0 Å². The number of ether oxygens (including phenoxy) is 1. The third kappa shape index (κ3) is 6.17. The van der Waals surface area contributed by atoms with Gasteiger partial charge < -0.3 is 10.1 Å². The fraction of sp³-hybridized carbons (Fsp3) is 0.238. The molecule has 3 rings (SSSR count). The van der Waals surface area contributed by atoms with Crippen LogP contribution in [0.25, 0.3) is 0 Å². The Balaban J connectivity index is 1.52. The Morgan fingerprint density at radius 2 is 1.91 bits per heavy atom. The molecule has 0 aliphatic carbocycles. The summed E-state index contributed by atoms with van der Waals surface area (Å²) >= 11 is 21.3. The molecule has 0 unspecified atom stereocenters. The second kappa shape index (κ2) is 10.7. The van der Waals surface area contributed by atoms with E-state index in [0.29, 0.717) is 25.8 Å². The van der Waals surface area contributed by atoms with Crippen molar-refractivity contribution >= 4 is 80.1 Å². The largest absolute Gasteiger partial charge is 0.455 e. The number of anilines is 1. The molecule has 1 aliphatic rings. The summed E-state index contributed by atoms with van der Waals surface area (Å²) in [7, 11) is 0. The van der Waals surface area contributed by atoms with Crippen molar-refractivity contribution in [3.05, 3.63) is 61.0 Å². The molecule has 1 saturated heterocycles. The van der Waals surface area contributed by atoms with Gasteiger partial charge in [0.25, 0.3) is 11.8 Å². The van der Waals surface area contributed by atoms with Gasteiger partial charge in [0, 0.05) is 21.6 Å². The normalized spacial score (nSPS) is 15.4. The predicted octanol–water partition coefficient (Wildman–Crippen LogP) is 4.39. The van der Waals surface area contributed by atoms with Crippen molar-refractivity contribution in [2.75, 3.05) is 18.5 Å². The first-order chi connectivity index (χ1) is 15.6. The molecule has 0 saturated carbocycles. The molecule has 2 N–H and O–H groups in total. The van der Waals surface area contributed by atoms with Gasteiger partial charge in [-0.2, -0.15) is 0 Å². The van der Waals surface area contributed by atoms with Gasteiger partial charge in [0.05, 0.1) is 28.1 Å². The first kappa shape index (κ1) is 25.3. The van der Waals surface area contributed by atoms with Gasteiger partial charge in [0.15, 0.2) is 6.61 Å². The van der Waals surface area contributed by atoms with Crippen LogP contribution in [0.2, 0.25) is 15.1 Å². The zero-order valence-electron chi connectivity index (χ0n) is 17.1. The number of benzene rings is 2. The molecule has 8 nitrogen and oxygen atoms in total. The number of carbonyl (C=O) groups excluding carboxylic acids is 4.